The number of hydrogen-bond donors (Lipinski definition) is 1. The van der Waals surface area contributed by atoms with E-state index in [4.69, 9.17) is 10.5 Å². The van der Waals surface area contributed by atoms with Gasteiger partial charge in [0.15, 0.2) is 0 Å². The quantitative estimate of drug-likeness (QED) is 0.509. The van der Waals surface area contributed by atoms with Crippen LogP contribution in [-0.2, 0) is 4.74 Å². The van der Waals surface area contributed by atoms with Gasteiger partial charge in [0.2, 0.25) is 0 Å². The van der Waals surface area contributed by atoms with Crippen molar-refractivity contribution < 1.29 is 4.74 Å². The van der Waals surface area contributed by atoms with Crippen LogP contribution >= 0.6 is 0 Å². The Labute approximate surface area is 43.6 Å². The maximum Gasteiger partial charge on any atom is 0.0798 e. The molecule has 1 rings (SSSR count). The summed E-state index contributed by atoms with van der Waals surface area (Å²) in [5.41, 5.74) is 5.38. The van der Waals surface area contributed by atoms with Crippen LogP contribution in [0.25, 0.3) is 0 Å². The van der Waals surface area contributed by atoms with Crippen molar-refractivity contribution in [2.45, 2.75) is 18.9 Å². The van der Waals surface area contributed by atoms with Crippen molar-refractivity contribution in [1.29, 1.82) is 0 Å². The number of ether oxygens (including phenoxy) is 1. The first-order valence-corrected chi connectivity index (χ1v) is 2.61. The molecule has 0 saturated carbocycles. The fourth-order valence-electron chi connectivity index (χ4n) is 0.612. The topological polar surface area (TPSA) is 35.2 Å². The third-order valence-corrected chi connectivity index (χ3v) is 1.51. The summed E-state index contributed by atoms with van der Waals surface area (Å²) in [6.07, 6.45) is 1.13. The van der Waals surface area contributed by atoms with Gasteiger partial charge in [-0.3, -0.25) is 0 Å². The SMILES string of the molecule is C[C@]1(CN)CCO1. The summed E-state index contributed by atoms with van der Waals surface area (Å²) < 4.78 is 5.14. The van der Waals surface area contributed by atoms with Crippen LogP contribution in [0.2, 0.25) is 0 Å². The smallest absolute Gasteiger partial charge is 0.0798 e. The highest BCUT2D eigenvalue weighted by Gasteiger charge is 2.30. The summed E-state index contributed by atoms with van der Waals surface area (Å²) in [6, 6.07) is 0. The lowest BCUT2D eigenvalue weighted by molar-refractivity contribution is -0.126. The molecule has 1 fully saturated rings. The third kappa shape index (κ3) is 0.763. The minimum atomic E-state index is 0.0417. The van der Waals surface area contributed by atoms with Crippen molar-refractivity contribution in [3.8, 4) is 0 Å². The number of rotatable bonds is 1. The van der Waals surface area contributed by atoms with Gasteiger partial charge in [-0.2, -0.15) is 0 Å². The van der Waals surface area contributed by atoms with Gasteiger partial charge in [0.1, 0.15) is 0 Å². The fourth-order valence-corrected chi connectivity index (χ4v) is 0.612. The molecule has 42 valence electrons. The maximum atomic E-state index is 5.34. The molecule has 1 atom stereocenters. The van der Waals surface area contributed by atoms with Crippen molar-refractivity contribution in [3.63, 3.8) is 0 Å². The molecule has 0 amide bonds. The molecule has 7 heavy (non-hydrogen) atoms. The zero-order valence-corrected chi connectivity index (χ0v) is 4.61. The van der Waals surface area contributed by atoms with Gasteiger partial charge in [-0.25, -0.2) is 0 Å². The van der Waals surface area contributed by atoms with E-state index in [1.54, 1.807) is 0 Å². The summed E-state index contributed by atoms with van der Waals surface area (Å²) >= 11 is 0. The third-order valence-electron chi connectivity index (χ3n) is 1.51. The van der Waals surface area contributed by atoms with Crippen LogP contribution in [0.4, 0.5) is 0 Å². The molecule has 2 heteroatoms. The van der Waals surface area contributed by atoms with Crippen LogP contribution in [0, 0.1) is 0 Å². The van der Waals surface area contributed by atoms with Crippen LogP contribution in [-0.4, -0.2) is 18.8 Å². The van der Waals surface area contributed by atoms with E-state index in [1.807, 2.05) is 6.92 Å². The van der Waals surface area contributed by atoms with Gasteiger partial charge in [0.25, 0.3) is 0 Å². The first-order chi connectivity index (χ1) is 3.27. The van der Waals surface area contributed by atoms with E-state index in [0.717, 1.165) is 13.0 Å². The van der Waals surface area contributed by atoms with E-state index < -0.39 is 0 Å². The van der Waals surface area contributed by atoms with Gasteiger partial charge in [0.05, 0.1) is 12.2 Å². The summed E-state index contributed by atoms with van der Waals surface area (Å²) in [5.74, 6) is 0. The highest BCUT2D eigenvalue weighted by atomic mass is 16.5. The highest BCUT2D eigenvalue weighted by Crippen LogP contribution is 2.23. The van der Waals surface area contributed by atoms with Gasteiger partial charge in [0, 0.05) is 13.0 Å². The standard InChI is InChI=1S/C5H11NO/c1-5(4-6)2-3-7-5/h2-4,6H2,1H3/t5-/m1/s1. The molecule has 2 N–H and O–H groups in total. The van der Waals surface area contributed by atoms with Gasteiger partial charge >= 0.3 is 0 Å². The molecule has 2 nitrogen and oxygen atoms in total. The Hall–Kier alpha value is -0.0800. The largest absolute Gasteiger partial charge is 0.374 e. The molecule has 0 aromatic carbocycles. The average molecular weight is 101 g/mol. The minimum Gasteiger partial charge on any atom is -0.374 e. The summed E-state index contributed by atoms with van der Waals surface area (Å²) in [4.78, 5) is 0. The fraction of sp³-hybridized carbons (Fsp3) is 1.00. The molecule has 1 aliphatic rings. The Morgan fingerprint density at radius 3 is 2.43 bits per heavy atom. The first-order valence-electron chi connectivity index (χ1n) is 2.61. The predicted octanol–water partition coefficient (Wildman–Crippen LogP) is 0.124. The van der Waals surface area contributed by atoms with Crippen molar-refractivity contribution in [2.24, 2.45) is 5.73 Å². The van der Waals surface area contributed by atoms with E-state index >= 15 is 0 Å². The normalized spacial score (nSPS) is 40.3. The Kier molecular flexibility index (Phi) is 1.05. The van der Waals surface area contributed by atoms with Crippen molar-refractivity contribution in [3.05, 3.63) is 0 Å². The number of hydrogen-bond acceptors (Lipinski definition) is 2. The summed E-state index contributed by atoms with van der Waals surface area (Å²) in [5, 5.41) is 0. The second-order valence-corrected chi connectivity index (χ2v) is 2.25. The second kappa shape index (κ2) is 1.46. The molecular weight excluding hydrogens is 90.1 g/mol. The van der Waals surface area contributed by atoms with Gasteiger partial charge in [-0.05, 0) is 6.92 Å². The Morgan fingerprint density at radius 1 is 1.86 bits per heavy atom. The molecule has 0 bridgehead atoms. The molecule has 0 aliphatic carbocycles. The molecule has 0 unspecified atom stereocenters. The lowest BCUT2D eigenvalue weighted by atomic mass is 9.98. The minimum absolute atomic E-state index is 0.0417. The van der Waals surface area contributed by atoms with Crippen LogP contribution in [0.5, 0.6) is 0 Å². The van der Waals surface area contributed by atoms with E-state index in [9.17, 15) is 0 Å². The molecule has 1 heterocycles. The Bertz CT molecular complexity index is 63.0. The molecule has 0 aromatic rings. The van der Waals surface area contributed by atoms with Crippen molar-refractivity contribution >= 4 is 0 Å². The van der Waals surface area contributed by atoms with Gasteiger partial charge < -0.3 is 10.5 Å². The second-order valence-electron chi connectivity index (χ2n) is 2.25. The van der Waals surface area contributed by atoms with E-state index in [0.29, 0.717) is 6.54 Å². The van der Waals surface area contributed by atoms with E-state index in [-0.39, 0.29) is 5.60 Å². The van der Waals surface area contributed by atoms with Crippen LogP contribution in [0.3, 0.4) is 0 Å². The average Bonchev–Trinajstić information content (AvgIpc) is 1.61. The monoisotopic (exact) mass is 101 g/mol. The lowest BCUT2D eigenvalue weighted by Gasteiger charge is -2.37. The molecular formula is C5H11NO. The predicted molar refractivity (Wildman–Crippen MR) is 28.0 cm³/mol. The molecule has 1 aliphatic heterocycles. The Morgan fingerprint density at radius 2 is 2.43 bits per heavy atom. The highest BCUT2D eigenvalue weighted by molar-refractivity contribution is 4.82. The first kappa shape index (κ1) is 5.06. The molecule has 1 saturated heterocycles. The zero-order valence-electron chi connectivity index (χ0n) is 4.61. The van der Waals surface area contributed by atoms with E-state index in [2.05, 4.69) is 0 Å². The van der Waals surface area contributed by atoms with Crippen LogP contribution < -0.4 is 5.73 Å². The van der Waals surface area contributed by atoms with Crippen LogP contribution in [0.1, 0.15) is 13.3 Å². The maximum absolute atomic E-state index is 5.34. The van der Waals surface area contributed by atoms with Crippen LogP contribution in [0.15, 0.2) is 0 Å². The van der Waals surface area contributed by atoms with Gasteiger partial charge in [-0.15, -0.1) is 0 Å². The summed E-state index contributed by atoms with van der Waals surface area (Å²) in [7, 11) is 0. The van der Waals surface area contributed by atoms with Gasteiger partial charge in [-0.1, -0.05) is 0 Å². The molecule has 0 radical (unpaired) electrons. The molecule has 0 aromatic heterocycles. The summed E-state index contributed by atoms with van der Waals surface area (Å²) in [6.45, 7) is 3.59. The Balaban J connectivity index is 2.29. The number of nitrogens with two attached hydrogens (primary N) is 1. The van der Waals surface area contributed by atoms with Crippen molar-refractivity contribution in [2.75, 3.05) is 13.2 Å². The molecule has 0 spiro atoms. The lowest BCUT2D eigenvalue weighted by Crippen LogP contribution is -2.46. The van der Waals surface area contributed by atoms with E-state index in [1.165, 1.54) is 0 Å². The zero-order chi connectivity index (χ0) is 5.33. The van der Waals surface area contributed by atoms with Crippen molar-refractivity contribution in [1.82, 2.24) is 0 Å².